The van der Waals surface area contributed by atoms with Crippen LogP contribution in [0, 0.1) is 17.8 Å². The summed E-state index contributed by atoms with van der Waals surface area (Å²) in [5.41, 5.74) is 2.26. The second-order valence-electron chi connectivity index (χ2n) is 10.7. The van der Waals surface area contributed by atoms with Crippen molar-refractivity contribution in [3.8, 4) is 0 Å². The maximum absolute atomic E-state index is 13.6. The first kappa shape index (κ1) is 22.7. The molecule has 1 heterocycles. The minimum atomic E-state index is -0.143. The molecule has 0 saturated heterocycles. The van der Waals surface area contributed by atoms with Gasteiger partial charge in [-0.2, -0.15) is 5.10 Å². The number of amides is 1. The second kappa shape index (κ2) is 8.72. The largest absolute Gasteiger partial charge is 0.345 e. The molecule has 4 nitrogen and oxygen atoms in total. The number of anilines is 1. The Morgan fingerprint density at radius 2 is 1.76 bits per heavy atom. The van der Waals surface area contributed by atoms with Crippen LogP contribution in [0.1, 0.15) is 63.0 Å². The fraction of sp³-hybridized carbons (Fsp3) is 0.481. The van der Waals surface area contributed by atoms with Crippen molar-refractivity contribution in [1.82, 2.24) is 5.32 Å². The fourth-order valence-corrected chi connectivity index (χ4v) is 7.73. The van der Waals surface area contributed by atoms with Crippen LogP contribution < -0.4 is 10.3 Å². The second-order valence-corrected chi connectivity index (χ2v) is 11.9. The highest BCUT2D eigenvalue weighted by atomic mass is 35.5. The molecule has 3 saturated carbocycles. The number of hydrazone groups is 1. The van der Waals surface area contributed by atoms with Gasteiger partial charge in [0.1, 0.15) is 5.71 Å². The molecule has 0 radical (unpaired) electrons. The van der Waals surface area contributed by atoms with Crippen molar-refractivity contribution in [1.29, 1.82) is 0 Å². The number of hydrogen-bond donors (Lipinski definition) is 1. The summed E-state index contributed by atoms with van der Waals surface area (Å²) in [5.74, 6) is 2.37. The highest BCUT2D eigenvalue weighted by Gasteiger charge is 2.50. The van der Waals surface area contributed by atoms with Crippen LogP contribution in [-0.2, 0) is 4.79 Å². The molecule has 2 aromatic rings. The summed E-state index contributed by atoms with van der Waals surface area (Å²) in [6.45, 7) is 0. The van der Waals surface area contributed by atoms with Gasteiger partial charge in [0.05, 0.1) is 16.8 Å². The molecule has 1 aliphatic heterocycles. The third-order valence-electron chi connectivity index (χ3n) is 8.46. The van der Waals surface area contributed by atoms with Crippen molar-refractivity contribution in [3.63, 3.8) is 0 Å². The molecule has 0 spiro atoms. The standard InChI is InChI=1S/C27H28Cl3N3O/c28-20-5-3-17(4-6-20)25-13-23(32-33(25)24-8-7-21(29)12-22(24)30)26(34)31-27-9-1-2-18-10-16(14-27)11-19(18)15-27/h3-8,12,16,18-19,25H,1-2,9-11,13-15H2,(H,31,34)/t16?,18?,19?,25-,27?/m0/s1. The monoisotopic (exact) mass is 515 g/mol. The number of nitrogens with zero attached hydrogens (tertiary/aromatic N) is 2. The summed E-state index contributed by atoms with van der Waals surface area (Å²) in [6.07, 6.45) is 9.07. The number of carbonyl (C=O) groups excluding carboxylic acids is 1. The predicted octanol–water partition coefficient (Wildman–Crippen LogP) is 7.43. The number of fused-ring (bicyclic) bond motifs is 2. The van der Waals surface area contributed by atoms with Gasteiger partial charge in [-0.05, 0) is 85.8 Å². The van der Waals surface area contributed by atoms with Gasteiger partial charge in [-0.15, -0.1) is 0 Å². The summed E-state index contributed by atoms with van der Waals surface area (Å²) in [5, 5.41) is 11.9. The lowest BCUT2D eigenvalue weighted by Gasteiger charge is -2.41. The zero-order chi connectivity index (χ0) is 23.4. The van der Waals surface area contributed by atoms with Crippen LogP contribution in [0.15, 0.2) is 47.6 Å². The Labute approximate surface area is 215 Å². The van der Waals surface area contributed by atoms with Gasteiger partial charge in [0, 0.05) is 22.0 Å². The fourth-order valence-electron chi connectivity index (χ4n) is 7.11. The molecule has 6 rings (SSSR count). The minimum absolute atomic E-state index is 0.0358. The molecule has 34 heavy (non-hydrogen) atoms. The molecule has 3 aliphatic carbocycles. The van der Waals surface area contributed by atoms with Gasteiger partial charge in [0.2, 0.25) is 0 Å². The van der Waals surface area contributed by atoms with E-state index in [0.29, 0.717) is 27.2 Å². The van der Waals surface area contributed by atoms with Crippen molar-refractivity contribution in [3.05, 3.63) is 63.1 Å². The topological polar surface area (TPSA) is 44.7 Å². The maximum Gasteiger partial charge on any atom is 0.268 e. The molecule has 4 unspecified atom stereocenters. The van der Waals surface area contributed by atoms with Crippen LogP contribution in [0.4, 0.5) is 5.69 Å². The summed E-state index contributed by atoms with van der Waals surface area (Å²) in [6, 6.07) is 12.9. The van der Waals surface area contributed by atoms with Crippen LogP contribution in [0.25, 0.3) is 0 Å². The van der Waals surface area contributed by atoms with E-state index in [1.807, 2.05) is 35.3 Å². The number of nitrogens with one attached hydrogen (secondary N) is 1. The van der Waals surface area contributed by atoms with Gasteiger partial charge >= 0.3 is 0 Å². The maximum atomic E-state index is 13.6. The van der Waals surface area contributed by atoms with E-state index < -0.39 is 0 Å². The first-order valence-electron chi connectivity index (χ1n) is 12.3. The van der Waals surface area contributed by atoms with Crippen LogP contribution in [0.2, 0.25) is 15.1 Å². The van der Waals surface area contributed by atoms with E-state index in [1.54, 1.807) is 12.1 Å². The lowest BCUT2D eigenvalue weighted by Crippen LogP contribution is -2.53. The van der Waals surface area contributed by atoms with E-state index in [1.165, 1.54) is 25.7 Å². The Balaban J connectivity index is 1.30. The highest BCUT2D eigenvalue weighted by molar-refractivity contribution is 6.40. The predicted molar refractivity (Wildman–Crippen MR) is 139 cm³/mol. The number of rotatable bonds is 4. The third kappa shape index (κ3) is 4.12. The van der Waals surface area contributed by atoms with Gasteiger partial charge in [-0.25, -0.2) is 0 Å². The van der Waals surface area contributed by atoms with E-state index in [0.717, 1.165) is 48.3 Å². The lowest BCUT2D eigenvalue weighted by atomic mass is 9.73. The number of benzene rings is 2. The molecule has 3 fully saturated rings. The summed E-state index contributed by atoms with van der Waals surface area (Å²) >= 11 is 18.8. The first-order chi connectivity index (χ1) is 16.4. The summed E-state index contributed by atoms with van der Waals surface area (Å²) < 4.78 is 0. The number of halogens is 3. The normalized spacial score (nSPS) is 32.0. The van der Waals surface area contributed by atoms with E-state index in [9.17, 15) is 4.79 Å². The average Bonchev–Trinajstić information content (AvgIpc) is 3.32. The van der Waals surface area contributed by atoms with E-state index in [4.69, 9.17) is 39.9 Å². The molecule has 178 valence electrons. The summed E-state index contributed by atoms with van der Waals surface area (Å²) in [4.78, 5) is 13.6. The van der Waals surface area contributed by atoms with Gasteiger partial charge in [-0.1, -0.05) is 59.8 Å². The van der Waals surface area contributed by atoms with Gasteiger partial charge < -0.3 is 5.32 Å². The van der Waals surface area contributed by atoms with Gasteiger partial charge in [-0.3, -0.25) is 9.80 Å². The molecule has 3 bridgehead atoms. The van der Waals surface area contributed by atoms with Crippen molar-refractivity contribution in [2.45, 2.75) is 62.9 Å². The lowest BCUT2D eigenvalue weighted by molar-refractivity contribution is -0.117. The van der Waals surface area contributed by atoms with E-state index in [2.05, 4.69) is 5.32 Å². The van der Waals surface area contributed by atoms with E-state index >= 15 is 0 Å². The van der Waals surface area contributed by atoms with Crippen LogP contribution in [0.5, 0.6) is 0 Å². The van der Waals surface area contributed by atoms with Crippen LogP contribution in [0.3, 0.4) is 0 Å². The molecule has 2 aromatic carbocycles. The Bertz CT molecular complexity index is 1150. The van der Waals surface area contributed by atoms with Crippen LogP contribution >= 0.6 is 34.8 Å². The molecule has 4 aliphatic rings. The Hall–Kier alpha value is -1.75. The first-order valence-corrected chi connectivity index (χ1v) is 13.4. The molecular formula is C27H28Cl3N3O. The van der Waals surface area contributed by atoms with Crippen molar-refractivity contribution in [2.24, 2.45) is 22.9 Å². The Kier molecular flexibility index (Phi) is 5.82. The Morgan fingerprint density at radius 1 is 1.00 bits per heavy atom. The SMILES string of the molecule is O=C(NC12CCCC3CC(CC3C1)C2)C1=NN(c2ccc(Cl)cc2Cl)[C@H](c2ccc(Cl)cc2)C1. The quantitative estimate of drug-likeness (QED) is 0.459. The Morgan fingerprint density at radius 3 is 2.56 bits per heavy atom. The van der Waals surface area contributed by atoms with Crippen LogP contribution in [-0.4, -0.2) is 17.2 Å². The zero-order valence-corrected chi connectivity index (χ0v) is 21.2. The molecule has 5 atom stereocenters. The molecule has 0 aromatic heterocycles. The number of hydrogen-bond acceptors (Lipinski definition) is 3. The highest BCUT2D eigenvalue weighted by Crippen LogP contribution is 2.55. The third-order valence-corrected chi connectivity index (χ3v) is 9.25. The van der Waals surface area contributed by atoms with Gasteiger partial charge in [0.25, 0.3) is 5.91 Å². The summed E-state index contributed by atoms with van der Waals surface area (Å²) in [7, 11) is 0. The van der Waals surface area contributed by atoms with Crippen molar-refractivity contribution in [2.75, 3.05) is 5.01 Å². The molecule has 1 amide bonds. The molecular weight excluding hydrogens is 489 g/mol. The molecule has 7 heteroatoms. The minimum Gasteiger partial charge on any atom is -0.345 e. The van der Waals surface area contributed by atoms with Crippen molar-refractivity contribution < 1.29 is 4.79 Å². The zero-order valence-electron chi connectivity index (χ0n) is 18.9. The van der Waals surface area contributed by atoms with Gasteiger partial charge in [0.15, 0.2) is 0 Å². The smallest absolute Gasteiger partial charge is 0.268 e. The molecule has 1 N–H and O–H groups in total. The average molecular weight is 517 g/mol. The number of carbonyl (C=O) groups is 1. The van der Waals surface area contributed by atoms with E-state index in [-0.39, 0.29) is 17.5 Å². The van der Waals surface area contributed by atoms with Crippen molar-refractivity contribution >= 4 is 52.1 Å².